The predicted octanol–water partition coefficient (Wildman–Crippen LogP) is 2.64. The normalized spacial score (nSPS) is 17.1. The number of carbonyl (C=O) groups is 1. The molecule has 1 aliphatic carbocycles. The van der Waals surface area contributed by atoms with Crippen molar-refractivity contribution < 1.29 is 13.2 Å². The molecule has 7 heteroatoms. The molecule has 1 aromatic heterocycles. The molecule has 0 unspecified atom stereocenters. The fourth-order valence-corrected chi connectivity index (χ4v) is 3.33. The Labute approximate surface area is 123 Å². The zero-order chi connectivity index (χ0) is 14.6. The van der Waals surface area contributed by atoms with Crippen molar-refractivity contribution >= 4 is 25.6 Å². The number of nitrogens with one attached hydrogen (secondary N) is 2. The van der Waals surface area contributed by atoms with Gasteiger partial charge in [-0.05, 0) is 18.4 Å². The molecule has 2 N–H and O–H groups in total. The van der Waals surface area contributed by atoms with E-state index in [4.69, 9.17) is 10.7 Å². The second-order valence-corrected chi connectivity index (χ2v) is 7.80. The summed E-state index contributed by atoms with van der Waals surface area (Å²) in [5, 5.41) is 2.80. The fourth-order valence-electron chi connectivity index (χ4n) is 2.61. The van der Waals surface area contributed by atoms with Gasteiger partial charge in [0.2, 0.25) is 0 Å². The maximum absolute atomic E-state index is 11.8. The number of rotatable bonds is 5. The van der Waals surface area contributed by atoms with Gasteiger partial charge in [-0.2, -0.15) is 0 Å². The average Bonchev–Trinajstić information content (AvgIpc) is 2.89. The van der Waals surface area contributed by atoms with E-state index < -0.39 is 9.05 Å². The second-order valence-electron chi connectivity index (χ2n) is 5.24. The fraction of sp³-hybridized carbons (Fsp3) is 0.615. The first-order valence-corrected chi connectivity index (χ1v) is 9.19. The van der Waals surface area contributed by atoms with E-state index in [-0.39, 0.29) is 16.5 Å². The highest BCUT2D eigenvalue weighted by Gasteiger charge is 2.17. The van der Waals surface area contributed by atoms with Gasteiger partial charge in [-0.25, -0.2) is 8.42 Å². The summed E-state index contributed by atoms with van der Waals surface area (Å²) in [6.45, 7) is 0.617. The minimum Gasteiger partial charge on any atom is -0.356 e. The molecule has 1 amide bonds. The lowest BCUT2D eigenvalue weighted by molar-refractivity contribution is 0.0946. The van der Waals surface area contributed by atoms with Gasteiger partial charge in [0.05, 0.1) is 0 Å². The summed E-state index contributed by atoms with van der Waals surface area (Å²) in [7, 11) is 1.41. The lowest BCUT2D eigenvalue weighted by Crippen LogP contribution is -2.26. The summed E-state index contributed by atoms with van der Waals surface area (Å²) in [6, 6.07) is 1.25. The average molecular weight is 319 g/mol. The summed E-state index contributed by atoms with van der Waals surface area (Å²) < 4.78 is 22.2. The Balaban J connectivity index is 1.81. The molecule has 0 bridgehead atoms. The molecule has 1 saturated carbocycles. The van der Waals surface area contributed by atoms with Gasteiger partial charge < -0.3 is 10.3 Å². The topological polar surface area (TPSA) is 79.0 Å². The highest BCUT2D eigenvalue weighted by atomic mass is 35.7. The molecule has 1 aliphatic rings. The third kappa shape index (κ3) is 4.24. The number of halogens is 1. The van der Waals surface area contributed by atoms with Crippen molar-refractivity contribution in [3.63, 3.8) is 0 Å². The Bertz CT molecular complexity index is 562. The van der Waals surface area contributed by atoms with Crippen molar-refractivity contribution in [2.75, 3.05) is 6.54 Å². The van der Waals surface area contributed by atoms with Gasteiger partial charge >= 0.3 is 0 Å². The van der Waals surface area contributed by atoms with Gasteiger partial charge in [0.1, 0.15) is 10.6 Å². The number of H-pyrrole nitrogens is 1. The van der Waals surface area contributed by atoms with E-state index in [0.717, 1.165) is 6.42 Å². The monoisotopic (exact) mass is 318 g/mol. The number of aromatic nitrogens is 1. The Hall–Kier alpha value is -1.01. The molecule has 112 valence electrons. The van der Waals surface area contributed by atoms with Gasteiger partial charge in [-0.15, -0.1) is 0 Å². The molecular formula is C13H19ClN2O3S. The Kier molecular flexibility index (Phi) is 5.10. The molecule has 20 heavy (non-hydrogen) atoms. The molecule has 0 aromatic carbocycles. The lowest BCUT2D eigenvalue weighted by atomic mass is 9.87. The quantitative estimate of drug-likeness (QED) is 0.819. The second kappa shape index (κ2) is 6.63. The molecule has 2 rings (SSSR count). The van der Waals surface area contributed by atoms with Crippen LogP contribution in [-0.2, 0) is 9.05 Å². The molecular weight excluding hydrogens is 300 g/mol. The Morgan fingerprint density at radius 3 is 2.65 bits per heavy atom. The van der Waals surface area contributed by atoms with Crippen LogP contribution in [0.3, 0.4) is 0 Å². The minimum atomic E-state index is -3.79. The van der Waals surface area contributed by atoms with Crippen LogP contribution in [0.4, 0.5) is 0 Å². The maximum Gasteiger partial charge on any atom is 0.267 e. The zero-order valence-corrected chi connectivity index (χ0v) is 12.8. The summed E-state index contributed by atoms with van der Waals surface area (Å²) in [5.41, 5.74) is 0.216. The van der Waals surface area contributed by atoms with Crippen LogP contribution < -0.4 is 5.32 Å². The van der Waals surface area contributed by atoms with Crippen LogP contribution in [0.1, 0.15) is 49.0 Å². The van der Waals surface area contributed by atoms with Gasteiger partial charge in [0.25, 0.3) is 15.0 Å². The van der Waals surface area contributed by atoms with Crippen LogP contribution in [0, 0.1) is 5.92 Å². The Morgan fingerprint density at radius 1 is 1.35 bits per heavy atom. The van der Waals surface area contributed by atoms with E-state index in [1.54, 1.807) is 0 Å². The third-order valence-corrected chi connectivity index (χ3v) is 5.08. The number of hydrogen-bond donors (Lipinski definition) is 2. The van der Waals surface area contributed by atoms with Crippen LogP contribution in [-0.4, -0.2) is 25.9 Å². The molecule has 0 aliphatic heterocycles. The minimum absolute atomic E-state index is 0.0865. The summed E-state index contributed by atoms with van der Waals surface area (Å²) in [4.78, 5) is 14.4. The molecule has 0 radical (unpaired) electrons. The number of amides is 1. The first kappa shape index (κ1) is 15.4. The van der Waals surface area contributed by atoms with E-state index in [0.29, 0.717) is 12.5 Å². The Morgan fingerprint density at radius 2 is 2.05 bits per heavy atom. The van der Waals surface area contributed by atoms with Gasteiger partial charge in [0.15, 0.2) is 0 Å². The standard InChI is InChI=1S/C13H19ClN2O3S/c14-20(18,19)11-8-12(16-9-11)13(17)15-7-6-10-4-2-1-3-5-10/h8-10,16H,1-7H2,(H,15,17). The van der Waals surface area contributed by atoms with Crippen molar-refractivity contribution in [1.82, 2.24) is 10.3 Å². The highest BCUT2D eigenvalue weighted by Crippen LogP contribution is 2.25. The predicted molar refractivity (Wildman–Crippen MR) is 77.4 cm³/mol. The van der Waals surface area contributed by atoms with Crippen molar-refractivity contribution in [1.29, 1.82) is 0 Å². The molecule has 5 nitrogen and oxygen atoms in total. The molecule has 0 spiro atoms. The molecule has 1 fully saturated rings. The molecule has 1 heterocycles. The van der Waals surface area contributed by atoms with E-state index >= 15 is 0 Å². The largest absolute Gasteiger partial charge is 0.356 e. The summed E-state index contributed by atoms with van der Waals surface area (Å²) >= 11 is 0. The molecule has 0 saturated heterocycles. The molecule has 0 atom stereocenters. The van der Waals surface area contributed by atoms with Crippen LogP contribution in [0.15, 0.2) is 17.2 Å². The van der Waals surface area contributed by atoms with Gasteiger partial charge in [0, 0.05) is 23.4 Å². The van der Waals surface area contributed by atoms with E-state index in [2.05, 4.69) is 10.3 Å². The van der Waals surface area contributed by atoms with Crippen LogP contribution in [0.5, 0.6) is 0 Å². The maximum atomic E-state index is 11.8. The highest BCUT2D eigenvalue weighted by molar-refractivity contribution is 8.13. The first-order valence-electron chi connectivity index (χ1n) is 6.88. The molecule has 1 aromatic rings. The number of carbonyl (C=O) groups excluding carboxylic acids is 1. The smallest absolute Gasteiger partial charge is 0.267 e. The first-order chi connectivity index (χ1) is 9.47. The van der Waals surface area contributed by atoms with Crippen molar-refractivity contribution in [3.8, 4) is 0 Å². The van der Waals surface area contributed by atoms with Crippen LogP contribution in [0.2, 0.25) is 0 Å². The summed E-state index contributed by atoms with van der Waals surface area (Å²) in [6.07, 6.45) is 8.57. The SMILES string of the molecule is O=C(NCCC1CCCCC1)c1cc(S(=O)(=O)Cl)c[nH]1. The van der Waals surface area contributed by atoms with E-state index in [9.17, 15) is 13.2 Å². The van der Waals surface area contributed by atoms with Crippen molar-refractivity contribution in [3.05, 3.63) is 18.0 Å². The summed E-state index contributed by atoms with van der Waals surface area (Å²) in [5.74, 6) is 0.402. The lowest BCUT2D eigenvalue weighted by Gasteiger charge is -2.21. The number of hydrogen-bond acceptors (Lipinski definition) is 3. The van der Waals surface area contributed by atoms with E-state index in [1.165, 1.54) is 44.4 Å². The van der Waals surface area contributed by atoms with Crippen LogP contribution in [0.25, 0.3) is 0 Å². The third-order valence-electron chi connectivity index (χ3n) is 3.75. The number of aromatic amines is 1. The van der Waals surface area contributed by atoms with Crippen molar-refractivity contribution in [2.24, 2.45) is 5.92 Å². The van der Waals surface area contributed by atoms with Gasteiger partial charge in [-0.1, -0.05) is 32.1 Å². The van der Waals surface area contributed by atoms with Crippen LogP contribution >= 0.6 is 10.7 Å². The van der Waals surface area contributed by atoms with E-state index in [1.807, 2.05) is 0 Å². The zero-order valence-electron chi connectivity index (χ0n) is 11.2. The van der Waals surface area contributed by atoms with Crippen molar-refractivity contribution in [2.45, 2.75) is 43.4 Å². The van der Waals surface area contributed by atoms with Gasteiger partial charge in [-0.3, -0.25) is 4.79 Å².